The average Bonchev–Trinajstić information content (AvgIpc) is 2.59. The van der Waals surface area contributed by atoms with Crippen LogP contribution in [-0.4, -0.2) is 29.2 Å². The maximum atomic E-state index is 11.9. The molecule has 0 heterocycles. The van der Waals surface area contributed by atoms with Crippen LogP contribution in [0.15, 0.2) is 42.5 Å². The molecule has 26 heavy (non-hydrogen) atoms. The van der Waals surface area contributed by atoms with E-state index in [-0.39, 0.29) is 17.0 Å². The van der Waals surface area contributed by atoms with Gasteiger partial charge in [0.2, 0.25) is 0 Å². The number of carbonyl (C=O) groups excluding carboxylic acids is 3. The Morgan fingerprint density at radius 2 is 1.69 bits per heavy atom. The van der Waals surface area contributed by atoms with Crippen LogP contribution in [0.2, 0.25) is 0 Å². The Balaban J connectivity index is 1.92. The Kier molecular flexibility index (Phi) is 5.79. The molecule has 0 fully saturated rings. The number of nitro groups is 1. The first-order valence-corrected chi connectivity index (χ1v) is 7.61. The molecule has 1 amide bonds. The summed E-state index contributed by atoms with van der Waals surface area (Å²) in [6.45, 7) is 2.43. The summed E-state index contributed by atoms with van der Waals surface area (Å²) in [6, 6.07) is 10.1. The number of carbonyl (C=O) groups is 3. The first kappa shape index (κ1) is 18.8. The molecule has 0 aliphatic carbocycles. The van der Waals surface area contributed by atoms with Crippen molar-refractivity contribution in [3.05, 3.63) is 69.3 Å². The number of Topliss-reactive ketones (excluding diaryl/α,β-unsaturated/α-hetero) is 1. The van der Waals surface area contributed by atoms with Gasteiger partial charge in [-0.05, 0) is 50.2 Å². The number of benzene rings is 2. The fourth-order valence-corrected chi connectivity index (χ4v) is 2.19. The Morgan fingerprint density at radius 1 is 1.08 bits per heavy atom. The number of hydrogen-bond donors (Lipinski definition) is 1. The van der Waals surface area contributed by atoms with Gasteiger partial charge < -0.3 is 10.1 Å². The lowest BCUT2D eigenvalue weighted by Gasteiger charge is -2.07. The molecule has 0 aliphatic heterocycles. The third kappa shape index (κ3) is 4.73. The number of amides is 1. The fourth-order valence-electron chi connectivity index (χ4n) is 2.19. The van der Waals surface area contributed by atoms with Gasteiger partial charge in [0.05, 0.1) is 10.5 Å². The minimum Gasteiger partial charge on any atom is -0.452 e. The van der Waals surface area contributed by atoms with Gasteiger partial charge in [-0.1, -0.05) is 0 Å². The van der Waals surface area contributed by atoms with E-state index in [1.165, 1.54) is 32.0 Å². The van der Waals surface area contributed by atoms with E-state index in [2.05, 4.69) is 5.32 Å². The number of hydrogen-bond acceptors (Lipinski definition) is 6. The SMILES string of the molecule is CC(=O)c1ccc(NC(=O)COC(=O)c2ccc([N+](=O)[O-])c(C)c2)cc1. The van der Waals surface area contributed by atoms with Crippen LogP contribution in [0, 0.1) is 17.0 Å². The maximum Gasteiger partial charge on any atom is 0.338 e. The molecule has 134 valence electrons. The molecule has 8 heteroatoms. The average molecular weight is 356 g/mol. The quantitative estimate of drug-likeness (QED) is 0.368. The summed E-state index contributed by atoms with van der Waals surface area (Å²) in [5.41, 5.74) is 1.31. The van der Waals surface area contributed by atoms with Crippen LogP contribution in [0.4, 0.5) is 11.4 Å². The van der Waals surface area contributed by atoms with Crippen molar-refractivity contribution in [2.75, 3.05) is 11.9 Å². The Bertz CT molecular complexity index is 874. The first-order valence-electron chi connectivity index (χ1n) is 7.61. The number of nitrogens with zero attached hydrogens (tertiary/aromatic N) is 1. The van der Waals surface area contributed by atoms with Gasteiger partial charge in [0, 0.05) is 22.9 Å². The molecule has 0 saturated carbocycles. The number of rotatable bonds is 6. The van der Waals surface area contributed by atoms with E-state index in [1.807, 2.05) is 0 Å². The van der Waals surface area contributed by atoms with Gasteiger partial charge in [-0.3, -0.25) is 19.7 Å². The zero-order valence-corrected chi connectivity index (χ0v) is 14.1. The van der Waals surface area contributed by atoms with Gasteiger partial charge in [0.25, 0.3) is 11.6 Å². The zero-order chi connectivity index (χ0) is 19.3. The number of ketones is 1. The Labute approximate surface area is 148 Å². The lowest BCUT2D eigenvalue weighted by atomic mass is 10.1. The standard InChI is InChI=1S/C18H16N2O6/c1-11-9-14(5-8-16(11)20(24)25)18(23)26-10-17(22)19-15-6-3-13(4-7-15)12(2)21/h3-9H,10H2,1-2H3,(H,19,22). The third-order valence-electron chi connectivity index (χ3n) is 3.54. The highest BCUT2D eigenvalue weighted by Gasteiger charge is 2.15. The lowest BCUT2D eigenvalue weighted by Crippen LogP contribution is -2.21. The largest absolute Gasteiger partial charge is 0.452 e. The van der Waals surface area contributed by atoms with Gasteiger partial charge >= 0.3 is 5.97 Å². The first-order chi connectivity index (χ1) is 12.3. The highest BCUT2D eigenvalue weighted by Crippen LogP contribution is 2.19. The Hall–Kier alpha value is -3.55. The van der Waals surface area contributed by atoms with Crippen LogP contribution >= 0.6 is 0 Å². The number of esters is 1. The van der Waals surface area contributed by atoms with Gasteiger partial charge in [-0.15, -0.1) is 0 Å². The second-order valence-corrected chi connectivity index (χ2v) is 5.52. The van der Waals surface area contributed by atoms with Crippen LogP contribution < -0.4 is 5.32 Å². The molecule has 0 atom stereocenters. The molecule has 0 aliphatic rings. The van der Waals surface area contributed by atoms with Crippen LogP contribution in [0.5, 0.6) is 0 Å². The van der Waals surface area contributed by atoms with Crippen molar-refractivity contribution in [3.63, 3.8) is 0 Å². The number of nitrogens with one attached hydrogen (secondary N) is 1. The van der Waals surface area contributed by atoms with Gasteiger partial charge in [0.1, 0.15) is 0 Å². The van der Waals surface area contributed by atoms with E-state index in [9.17, 15) is 24.5 Å². The molecule has 2 rings (SSSR count). The minimum absolute atomic E-state index is 0.0878. The topological polar surface area (TPSA) is 116 Å². The number of anilines is 1. The van der Waals surface area contributed by atoms with E-state index in [4.69, 9.17) is 4.74 Å². The van der Waals surface area contributed by atoms with Crippen molar-refractivity contribution in [2.45, 2.75) is 13.8 Å². The summed E-state index contributed by atoms with van der Waals surface area (Å²) >= 11 is 0. The van der Waals surface area contributed by atoms with E-state index in [0.717, 1.165) is 0 Å². The molecule has 2 aromatic carbocycles. The second kappa shape index (κ2) is 8.02. The zero-order valence-electron chi connectivity index (χ0n) is 14.1. The van der Waals surface area contributed by atoms with Crippen molar-refractivity contribution >= 4 is 29.0 Å². The van der Waals surface area contributed by atoms with Gasteiger partial charge in [-0.25, -0.2) is 4.79 Å². The number of ether oxygens (including phenoxy) is 1. The van der Waals surface area contributed by atoms with Gasteiger partial charge in [-0.2, -0.15) is 0 Å². The monoisotopic (exact) mass is 356 g/mol. The highest BCUT2D eigenvalue weighted by atomic mass is 16.6. The highest BCUT2D eigenvalue weighted by molar-refractivity contribution is 5.97. The molecule has 0 aromatic heterocycles. The Morgan fingerprint density at radius 3 is 2.23 bits per heavy atom. The summed E-state index contributed by atoms with van der Waals surface area (Å²) in [5.74, 6) is -1.40. The maximum absolute atomic E-state index is 11.9. The molecule has 0 bridgehead atoms. The number of nitro benzene ring substituents is 1. The molecule has 0 radical (unpaired) electrons. The second-order valence-electron chi connectivity index (χ2n) is 5.52. The van der Waals surface area contributed by atoms with Crippen molar-refractivity contribution in [2.24, 2.45) is 0 Å². The predicted molar refractivity (Wildman–Crippen MR) is 93.2 cm³/mol. The molecular weight excluding hydrogens is 340 g/mol. The normalized spacial score (nSPS) is 10.1. The summed E-state index contributed by atoms with van der Waals surface area (Å²) < 4.78 is 4.90. The van der Waals surface area contributed by atoms with Crippen LogP contribution in [0.1, 0.15) is 33.2 Å². The van der Waals surface area contributed by atoms with Crippen molar-refractivity contribution < 1.29 is 24.0 Å². The summed E-state index contributed by atoms with van der Waals surface area (Å²) in [4.78, 5) is 45.2. The molecular formula is C18H16N2O6. The number of aryl methyl sites for hydroxylation is 1. The van der Waals surface area contributed by atoms with Crippen LogP contribution in [0.3, 0.4) is 0 Å². The smallest absolute Gasteiger partial charge is 0.338 e. The van der Waals surface area contributed by atoms with Crippen molar-refractivity contribution in [1.29, 1.82) is 0 Å². The van der Waals surface area contributed by atoms with Crippen LogP contribution in [0.25, 0.3) is 0 Å². The van der Waals surface area contributed by atoms with E-state index < -0.39 is 23.4 Å². The van der Waals surface area contributed by atoms with Crippen molar-refractivity contribution in [1.82, 2.24) is 0 Å². The molecule has 0 spiro atoms. The molecule has 0 unspecified atom stereocenters. The van der Waals surface area contributed by atoms with Crippen molar-refractivity contribution in [3.8, 4) is 0 Å². The summed E-state index contributed by atoms with van der Waals surface area (Å²) in [5, 5.41) is 13.3. The van der Waals surface area contributed by atoms with Crippen LogP contribution in [-0.2, 0) is 9.53 Å². The minimum atomic E-state index is -0.759. The third-order valence-corrected chi connectivity index (χ3v) is 3.54. The molecule has 8 nitrogen and oxygen atoms in total. The lowest BCUT2D eigenvalue weighted by molar-refractivity contribution is -0.385. The summed E-state index contributed by atoms with van der Waals surface area (Å²) in [6.07, 6.45) is 0. The molecule has 2 aromatic rings. The fraction of sp³-hybridized carbons (Fsp3) is 0.167. The summed E-state index contributed by atoms with van der Waals surface area (Å²) in [7, 11) is 0. The molecule has 1 N–H and O–H groups in total. The molecule has 0 saturated heterocycles. The van der Waals surface area contributed by atoms with E-state index in [1.54, 1.807) is 24.3 Å². The van der Waals surface area contributed by atoms with E-state index in [0.29, 0.717) is 16.8 Å². The van der Waals surface area contributed by atoms with E-state index >= 15 is 0 Å². The predicted octanol–water partition coefficient (Wildman–Crippen LogP) is 2.90. The van der Waals surface area contributed by atoms with Gasteiger partial charge in [0.15, 0.2) is 12.4 Å².